The Labute approximate surface area is 204 Å². The zero-order valence-electron chi connectivity index (χ0n) is 19.1. The molecule has 1 amide bonds. The van der Waals surface area contributed by atoms with Gasteiger partial charge in [0.2, 0.25) is 5.91 Å². The van der Waals surface area contributed by atoms with Gasteiger partial charge in [0.25, 0.3) is 20.2 Å². The first kappa shape index (κ1) is 28.4. The molecule has 192 valence electrons. The van der Waals surface area contributed by atoms with Gasteiger partial charge < -0.3 is 5.32 Å². The monoisotopic (exact) mass is 547 g/mol. The molecule has 2 rings (SSSR count). The maximum atomic E-state index is 12.0. The quantitative estimate of drug-likeness (QED) is 0.269. The van der Waals surface area contributed by atoms with Gasteiger partial charge in [-0.05, 0) is 35.4 Å². The van der Waals surface area contributed by atoms with Crippen molar-refractivity contribution in [3.05, 3.63) is 47.5 Å². The SMILES string of the molecule is CC(C)C(=O)Nc1ccc(/C=C/c2ccc(NS(=O)(=O)N(C)C)cc2S(=O)(=O)O)c(S(=O)(=O)O)c1. The predicted molar refractivity (Wildman–Crippen MR) is 131 cm³/mol. The van der Waals surface area contributed by atoms with E-state index in [4.69, 9.17) is 0 Å². The third-order valence-corrected chi connectivity index (χ3v) is 7.82. The zero-order chi connectivity index (χ0) is 26.8. The number of benzene rings is 2. The number of anilines is 2. The minimum atomic E-state index is -4.82. The molecule has 0 aliphatic rings. The van der Waals surface area contributed by atoms with Crippen LogP contribution in [0.5, 0.6) is 0 Å². The summed E-state index contributed by atoms with van der Waals surface area (Å²) in [6.07, 6.45) is 2.33. The summed E-state index contributed by atoms with van der Waals surface area (Å²) in [6, 6.07) is 7.03. The van der Waals surface area contributed by atoms with Gasteiger partial charge in [-0.1, -0.05) is 38.1 Å². The molecule has 35 heavy (non-hydrogen) atoms. The number of hydrogen-bond donors (Lipinski definition) is 4. The van der Waals surface area contributed by atoms with Crippen molar-refractivity contribution in [3.8, 4) is 0 Å². The van der Waals surface area contributed by atoms with Gasteiger partial charge >= 0.3 is 10.2 Å². The van der Waals surface area contributed by atoms with Gasteiger partial charge in [-0.3, -0.25) is 18.6 Å². The van der Waals surface area contributed by atoms with E-state index in [-0.39, 0.29) is 34.3 Å². The first-order valence-electron chi connectivity index (χ1n) is 9.84. The highest BCUT2D eigenvalue weighted by Crippen LogP contribution is 2.27. The normalized spacial score (nSPS) is 12.9. The lowest BCUT2D eigenvalue weighted by atomic mass is 10.1. The van der Waals surface area contributed by atoms with Gasteiger partial charge in [0.05, 0.1) is 5.69 Å². The van der Waals surface area contributed by atoms with Crippen molar-refractivity contribution in [2.24, 2.45) is 5.92 Å². The standard InChI is InChI=1S/C20H25N3O9S3/c1-13(2)20(24)21-16-9-7-14(18(11-16)33(25,26)27)5-6-15-8-10-17(12-19(15)34(28,29)30)22-35(31,32)23(3)4/h5-13,22H,1-4H3,(H,21,24)(H,25,26,27)(H,28,29,30)/b6-5+. The fraction of sp³-hybridized carbons (Fsp3) is 0.250. The Morgan fingerprint density at radius 3 is 1.66 bits per heavy atom. The van der Waals surface area contributed by atoms with Gasteiger partial charge in [-0.2, -0.15) is 29.6 Å². The van der Waals surface area contributed by atoms with Crippen LogP contribution >= 0.6 is 0 Å². The van der Waals surface area contributed by atoms with Crippen LogP contribution in [0.25, 0.3) is 12.2 Å². The summed E-state index contributed by atoms with van der Waals surface area (Å²) in [6.45, 7) is 3.28. The Hall–Kier alpha value is -2.82. The molecule has 0 saturated heterocycles. The molecule has 0 spiro atoms. The van der Waals surface area contributed by atoms with Gasteiger partial charge in [-0.25, -0.2) is 0 Å². The highest BCUT2D eigenvalue weighted by Gasteiger charge is 2.20. The number of amides is 1. The Kier molecular flexibility index (Phi) is 8.47. The van der Waals surface area contributed by atoms with E-state index in [0.29, 0.717) is 0 Å². The molecular weight excluding hydrogens is 522 g/mol. The van der Waals surface area contributed by atoms with Crippen molar-refractivity contribution in [1.82, 2.24) is 4.31 Å². The average molecular weight is 548 g/mol. The van der Waals surface area contributed by atoms with E-state index in [1.54, 1.807) is 13.8 Å². The fourth-order valence-electron chi connectivity index (χ4n) is 2.64. The molecule has 0 heterocycles. The van der Waals surface area contributed by atoms with Gasteiger partial charge in [0.1, 0.15) is 9.79 Å². The van der Waals surface area contributed by atoms with Gasteiger partial charge in [0.15, 0.2) is 0 Å². The first-order valence-corrected chi connectivity index (χ1v) is 14.2. The average Bonchev–Trinajstić information content (AvgIpc) is 2.71. The van der Waals surface area contributed by atoms with Crippen LogP contribution in [0.3, 0.4) is 0 Å². The van der Waals surface area contributed by atoms with Crippen LogP contribution in [0, 0.1) is 5.92 Å². The van der Waals surface area contributed by atoms with E-state index in [2.05, 4.69) is 10.0 Å². The van der Waals surface area contributed by atoms with E-state index in [1.807, 2.05) is 0 Å². The summed E-state index contributed by atoms with van der Waals surface area (Å²) < 4.78 is 93.9. The van der Waals surface area contributed by atoms with E-state index in [1.165, 1.54) is 44.4 Å². The molecule has 12 nitrogen and oxygen atoms in total. The van der Waals surface area contributed by atoms with Crippen LogP contribution in [-0.2, 0) is 35.2 Å². The van der Waals surface area contributed by atoms with E-state index in [9.17, 15) is 39.2 Å². The van der Waals surface area contributed by atoms with Crippen LogP contribution in [0.15, 0.2) is 46.2 Å². The van der Waals surface area contributed by atoms with E-state index in [0.717, 1.165) is 22.5 Å². The number of carbonyl (C=O) groups is 1. The maximum absolute atomic E-state index is 12.0. The summed E-state index contributed by atoms with van der Waals surface area (Å²) in [5, 5.41) is 2.51. The Morgan fingerprint density at radius 2 is 1.26 bits per heavy atom. The zero-order valence-corrected chi connectivity index (χ0v) is 21.6. The highest BCUT2D eigenvalue weighted by atomic mass is 32.2. The summed E-state index contributed by atoms with van der Waals surface area (Å²) in [7, 11) is -11.0. The summed E-state index contributed by atoms with van der Waals surface area (Å²) in [5.41, 5.74) is -0.176. The second kappa shape index (κ2) is 10.4. The molecule has 4 N–H and O–H groups in total. The van der Waals surface area contributed by atoms with E-state index >= 15 is 0 Å². The summed E-state index contributed by atoms with van der Waals surface area (Å²) in [4.78, 5) is 10.7. The molecule has 2 aromatic rings. The van der Waals surface area contributed by atoms with Crippen molar-refractivity contribution in [1.29, 1.82) is 0 Å². The van der Waals surface area contributed by atoms with Crippen LogP contribution < -0.4 is 10.0 Å². The molecule has 0 saturated carbocycles. The van der Waals surface area contributed by atoms with Gasteiger partial charge in [-0.15, -0.1) is 0 Å². The van der Waals surface area contributed by atoms with E-state index < -0.39 is 40.2 Å². The molecule has 0 aliphatic heterocycles. The molecule has 0 aromatic heterocycles. The number of nitrogens with zero attached hydrogens (tertiary/aromatic N) is 1. The number of rotatable bonds is 9. The lowest BCUT2D eigenvalue weighted by Crippen LogP contribution is -2.29. The molecular formula is C20H25N3O9S3. The Bertz CT molecular complexity index is 1480. The largest absolute Gasteiger partial charge is 0.326 e. The van der Waals surface area contributed by atoms with Crippen molar-refractivity contribution < 1.29 is 39.2 Å². The van der Waals surface area contributed by atoms with Crippen molar-refractivity contribution >= 4 is 59.9 Å². The number of hydrogen-bond acceptors (Lipinski definition) is 7. The minimum Gasteiger partial charge on any atom is -0.326 e. The molecule has 15 heteroatoms. The highest BCUT2D eigenvalue weighted by molar-refractivity contribution is 7.90. The fourth-order valence-corrected chi connectivity index (χ4v) is 4.67. The van der Waals surface area contributed by atoms with Crippen molar-refractivity contribution in [3.63, 3.8) is 0 Å². The lowest BCUT2D eigenvalue weighted by Gasteiger charge is -2.14. The molecule has 0 bridgehead atoms. The van der Waals surface area contributed by atoms with Crippen LogP contribution in [0.2, 0.25) is 0 Å². The van der Waals surface area contributed by atoms with Crippen molar-refractivity contribution in [2.75, 3.05) is 24.1 Å². The summed E-state index contributed by atoms with van der Waals surface area (Å²) >= 11 is 0. The van der Waals surface area contributed by atoms with Gasteiger partial charge in [0, 0.05) is 25.7 Å². The molecule has 0 atom stereocenters. The topological polar surface area (TPSA) is 187 Å². The second-order valence-electron chi connectivity index (χ2n) is 7.82. The first-order chi connectivity index (χ1) is 15.9. The lowest BCUT2D eigenvalue weighted by molar-refractivity contribution is -0.118. The smallest absolute Gasteiger partial charge is 0.301 e. The maximum Gasteiger partial charge on any atom is 0.301 e. The second-order valence-corrected chi connectivity index (χ2v) is 12.5. The molecule has 2 aromatic carbocycles. The number of nitrogens with one attached hydrogen (secondary N) is 2. The molecule has 0 radical (unpaired) electrons. The minimum absolute atomic E-state index is 0.0475. The van der Waals surface area contributed by atoms with Crippen LogP contribution in [-0.4, -0.2) is 58.7 Å². The number of carbonyl (C=O) groups excluding carboxylic acids is 1. The molecule has 0 aliphatic carbocycles. The molecule has 0 fully saturated rings. The Balaban J connectivity index is 2.54. The van der Waals surface area contributed by atoms with Crippen LogP contribution in [0.1, 0.15) is 25.0 Å². The third kappa shape index (κ3) is 7.58. The molecule has 0 unspecified atom stereocenters. The predicted octanol–water partition coefficient (Wildman–Crippen LogP) is 2.16. The van der Waals surface area contributed by atoms with Crippen LogP contribution in [0.4, 0.5) is 11.4 Å². The van der Waals surface area contributed by atoms with Crippen molar-refractivity contribution in [2.45, 2.75) is 23.6 Å². The Morgan fingerprint density at radius 1 is 0.829 bits per heavy atom. The third-order valence-electron chi connectivity index (χ3n) is 4.54. The summed E-state index contributed by atoms with van der Waals surface area (Å²) in [5.74, 6) is -0.759.